The molecule has 18 radical (unpaired) electrons. The summed E-state index contributed by atoms with van der Waals surface area (Å²) in [7, 11) is 0. The zero-order chi connectivity index (χ0) is 35.6. The maximum atomic E-state index is 12.8. The molecule has 2 aliphatic rings. The van der Waals surface area contributed by atoms with Gasteiger partial charge in [-0.05, 0) is 0 Å². The van der Waals surface area contributed by atoms with Crippen molar-refractivity contribution in [2.45, 2.75) is 29.6 Å². The van der Waals surface area contributed by atoms with E-state index < -0.39 is 52.5 Å². The lowest BCUT2D eigenvalue weighted by atomic mass is 10.2. The molecule has 0 N–H and O–H groups in total. The fraction of sp³-hybridized carbons (Fsp3) is 0.531. The average Bonchev–Trinajstić information content (AvgIpc) is 3.18. The van der Waals surface area contributed by atoms with Gasteiger partial charge in [-0.2, -0.15) is 0 Å². The van der Waals surface area contributed by atoms with Gasteiger partial charge in [-0.25, -0.2) is 4.79 Å². The molecule has 0 unspecified atom stereocenters. The van der Waals surface area contributed by atoms with Crippen LogP contribution < -0.4 is 0 Å². The first-order valence-corrected chi connectivity index (χ1v) is 14.3. The Labute approximate surface area is 278 Å². The number of esters is 3. The minimum atomic E-state index is -2.24. The molecule has 0 aromatic carbocycles. The van der Waals surface area contributed by atoms with Crippen molar-refractivity contribution in [1.82, 2.24) is 24.7 Å². The van der Waals surface area contributed by atoms with E-state index in [0.717, 1.165) is 0 Å². The number of rotatable bonds is 12. The molecular formula is C32H37N5O10. The minimum absolute atomic E-state index is 0.0857. The zero-order valence-corrected chi connectivity index (χ0v) is 25.9. The summed E-state index contributed by atoms with van der Waals surface area (Å²) in [5.74, 6) is -4.81. The second-order valence-corrected chi connectivity index (χ2v) is 11.1. The van der Waals surface area contributed by atoms with E-state index in [1.165, 1.54) is 0 Å². The van der Waals surface area contributed by atoms with E-state index in [-0.39, 0.29) is 91.4 Å². The fourth-order valence-corrected chi connectivity index (χ4v) is 4.42. The molecule has 2 heterocycles. The van der Waals surface area contributed by atoms with E-state index in [4.69, 9.17) is 81.4 Å². The van der Waals surface area contributed by atoms with Crippen LogP contribution >= 0.6 is 0 Å². The Bertz CT molecular complexity index is 1060. The molecule has 2 amide bonds. The van der Waals surface area contributed by atoms with E-state index in [0.29, 0.717) is 5.06 Å². The van der Waals surface area contributed by atoms with Gasteiger partial charge < -0.3 is 19.0 Å². The Hall–Kier alpha value is -3.14. The minimum Gasteiger partial charge on any atom is -0.457 e. The van der Waals surface area contributed by atoms with Gasteiger partial charge in [-0.1, -0.05) is 0 Å². The highest BCUT2D eigenvalue weighted by atomic mass is 16.7. The largest absolute Gasteiger partial charge is 0.457 e. The summed E-state index contributed by atoms with van der Waals surface area (Å²) in [6.45, 7) is 48.0. The van der Waals surface area contributed by atoms with Crippen molar-refractivity contribution in [2.75, 3.05) is 78.5 Å². The van der Waals surface area contributed by atoms with E-state index in [1.54, 1.807) is 19.6 Å². The van der Waals surface area contributed by atoms with Crippen molar-refractivity contribution in [3.63, 3.8) is 0 Å². The van der Waals surface area contributed by atoms with Gasteiger partial charge in [0.15, 0.2) is 0 Å². The van der Waals surface area contributed by atoms with Crippen LogP contribution in [0.15, 0.2) is 0 Å². The molecule has 2 aliphatic heterocycles. The summed E-state index contributed by atoms with van der Waals surface area (Å²) in [5, 5.41) is 0.421. The van der Waals surface area contributed by atoms with Gasteiger partial charge in [-0.15, -0.1) is 5.06 Å². The smallest absolute Gasteiger partial charge is 0.347 e. The summed E-state index contributed by atoms with van der Waals surface area (Å²) >= 11 is 0. The first kappa shape index (κ1) is 40.0. The number of carbonyl (C=O) groups is 6. The zero-order valence-electron chi connectivity index (χ0n) is 25.9. The lowest BCUT2D eigenvalue weighted by Crippen LogP contribution is -2.50. The van der Waals surface area contributed by atoms with Gasteiger partial charge in [0.1, 0.15) is 16.8 Å². The second kappa shape index (κ2) is 17.3. The van der Waals surface area contributed by atoms with Gasteiger partial charge in [-0.3, -0.25) is 43.6 Å². The summed E-state index contributed by atoms with van der Waals surface area (Å²) in [5.41, 5.74) is -6.70. The third kappa shape index (κ3) is 17.0. The highest BCUT2D eigenvalue weighted by molar-refractivity contribution is 6.01. The van der Waals surface area contributed by atoms with Crippen LogP contribution in [0.2, 0.25) is 0 Å². The lowest BCUT2D eigenvalue weighted by molar-refractivity contribution is -0.198. The monoisotopic (exact) mass is 651 g/mol. The van der Waals surface area contributed by atoms with Gasteiger partial charge in [0.2, 0.25) is 0 Å². The van der Waals surface area contributed by atoms with Crippen LogP contribution in [0.4, 0.5) is 0 Å². The predicted octanol–water partition coefficient (Wildman–Crippen LogP) is -1.94. The first-order valence-electron chi connectivity index (χ1n) is 14.3. The Balaban J connectivity index is 2.28. The van der Waals surface area contributed by atoms with Crippen LogP contribution in [0.5, 0.6) is 0 Å². The number of ether oxygens (including phenoxy) is 3. The van der Waals surface area contributed by atoms with E-state index >= 15 is 0 Å². The number of hydroxylamine groups is 2. The Kier molecular flexibility index (Phi) is 14.7. The molecule has 250 valence electrons. The van der Waals surface area contributed by atoms with Crippen molar-refractivity contribution >= 4 is 35.7 Å². The number of hydrogen-bond donors (Lipinski definition) is 0. The SMILES string of the molecule is [CH]C([CH])([CH])OC(=O)CN1CCN(CC(=O)ON2C(=O)CCC2=O)CCN(CC(=O)OC([CH])([CH])[CH])CCN(CC(=O)OC([CH])([CH])[CH])CC1. The summed E-state index contributed by atoms with van der Waals surface area (Å²) in [6.07, 6.45) is -0.171. The highest BCUT2D eigenvalue weighted by Gasteiger charge is 2.33. The molecule has 15 heteroatoms. The molecule has 0 aromatic heterocycles. The maximum Gasteiger partial charge on any atom is 0.347 e. The van der Waals surface area contributed by atoms with Crippen LogP contribution in [-0.2, 0) is 47.8 Å². The maximum absolute atomic E-state index is 12.8. The first-order chi connectivity index (χ1) is 21.6. The Morgan fingerprint density at radius 2 is 0.702 bits per heavy atom. The third-order valence-corrected chi connectivity index (χ3v) is 6.41. The lowest BCUT2D eigenvalue weighted by Gasteiger charge is -2.34. The van der Waals surface area contributed by atoms with Crippen LogP contribution in [0.1, 0.15) is 12.8 Å². The predicted molar refractivity (Wildman–Crippen MR) is 158 cm³/mol. The molecule has 0 bridgehead atoms. The van der Waals surface area contributed by atoms with E-state index in [2.05, 4.69) is 0 Å². The summed E-state index contributed by atoms with van der Waals surface area (Å²) in [4.78, 5) is 85.6. The second-order valence-electron chi connectivity index (χ2n) is 11.1. The van der Waals surface area contributed by atoms with Crippen molar-refractivity contribution < 1.29 is 47.8 Å². The highest BCUT2D eigenvalue weighted by Crippen LogP contribution is 2.13. The van der Waals surface area contributed by atoms with Gasteiger partial charge in [0.25, 0.3) is 11.8 Å². The average molecular weight is 652 g/mol. The van der Waals surface area contributed by atoms with Gasteiger partial charge in [0.05, 0.1) is 26.2 Å². The molecule has 0 saturated carbocycles. The quantitative estimate of drug-likeness (QED) is 0.131. The van der Waals surface area contributed by atoms with Gasteiger partial charge >= 0.3 is 23.9 Å². The molecule has 0 spiro atoms. The van der Waals surface area contributed by atoms with Crippen molar-refractivity contribution in [3.8, 4) is 0 Å². The molecule has 15 nitrogen and oxygen atoms in total. The topological polar surface area (TPSA) is 156 Å². The van der Waals surface area contributed by atoms with Crippen molar-refractivity contribution in [1.29, 1.82) is 0 Å². The fourth-order valence-electron chi connectivity index (χ4n) is 4.42. The molecule has 0 aliphatic carbocycles. The molecule has 2 saturated heterocycles. The third-order valence-electron chi connectivity index (χ3n) is 6.41. The number of hydrogen-bond acceptors (Lipinski definition) is 14. The summed E-state index contributed by atoms with van der Waals surface area (Å²) < 4.78 is 14.5. The molecule has 2 rings (SSSR count). The van der Waals surface area contributed by atoms with Crippen molar-refractivity contribution in [3.05, 3.63) is 62.3 Å². The van der Waals surface area contributed by atoms with Crippen LogP contribution in [0.3, 0.4) is 0 Å². The van der Waals surface area contributed by atoms with Crippen LogP contribution in [0.25, 0.3) is 0 Å². The number of carbonyl (C=O) groups excluding carboxylic acids is 6. The summed E-state index contributed by atoms with van der Waals surface area (Å²) in [6, 6.07) is 0. The van der Waals surface area contributed by atoms with E-state index in [9.17, 15) is 28.8 Å². The van der Waals surface area contributed by atoms with Crippen LogP contribution in [0, 0.1) is 62.3 Å². The Morgan fingerprint density at radius 3 is 0.936 bits per heavy atom. The molecule has 0 atom stereocenters. The normalized spacial score (nSPS) is 19.1. The Morgan fingerprint density at radius 1 is 0.468 bits per heavy atom. The van der Waals surface area contributed by atoms with Crippen molar-refractivity contribution in [2.24, 2.45) is 0 Å². The molecule has 2 fully saturated rings. The number of amides is 2. The molecule has 0 aromatic rings. The van der Waals surface area contributed by atoms with Crippen LogP contribution in [-0.4, -0.2) is 156 Å². The van der Waals surface area contributed by atoms with E-state index in [1.807, 2.05) is 0 Å². The number of nitrogens with zero attached hydrogens (tertiary/aromatic N) is 5. The van der Waals surface area contributed by atoms with Gasteiger partial charge in [0, 0.05) is 128 Å². The molecular weight excluding hydrogens is 614 g/mol. The number of imide groups is 1. The molecule has 47 heavy (non-hydrogen) atoms. The standard InChI is InChI=1S/C32H37N5O10/c1-30(2,3)44-26(40)20-33-12-14-34(21-27(41)45-31(4,5)6)16-18-36(23-29(43)47-37-24(38)10-11-25(37)39)19-17-35(15-13-33)22-28(42)46-32(7,8)9/h1-9H,10-23H2.